The molecule has 5 heteroatoms. The molecule has 1 aliphatic rings. The molecule has 1 aromatic rings. The van der Waals surface area contributed by atoms with Gasteiger partial charge in [0, 0.05) is 32.2 Å². The van der Waals surface area contributed by atoms with Crippen LogP contribution in [0, 0.1) is 0 Å². The van der Waals surface area contributed by atoms with E-state index in [1.165, 1.54) is 12.8 Å². The molecule has 1 aromatic heterocycles. The molecular weight excluding hydrogens is 216 g/mol. The number of nitrogens with one attached hydrogen (secondary N) is 2. The highest BCUT2D eigenvalue weighted by Gasteiger charge is 2.27. The van der Waals surface area contributed by atoms with Gasteiger partial charge in [0.05, 0.1) is 0 Å². The Labute approximate surface area is 102 Å². The van der Waals surface area contributed by atoms with Crippen molar-refractivity contribution in [3.63, 3.8) is 0 Å². The van der Waals surface area contributed by atoms with Crippen LogP contribution >= 0.6 is 0 Å². The minimum absolute atomic E-state index is 0.251. The number of rotatable bonds is 7. The molecule has 0 bridgehead atoms. The first-order valence-electron chi connectivity index (χ1n) is 6.25. The number of aromatic nitrogens is 2. The molecule has 0 aliphatic heterocycles. The first-order chi connectivity index (χ1) is 8.33. The maximum absolute atomic E-state index is 8.71. The molecule has 0 aromatic carbocycles. The molecule has 1 heterocycles. The van der Waals surface area contributed by atoms with Gasteiger partial charge in [-0.25, -0.2) is 9.97 Å². The van der Waals surface area contributed by atoms with E-state index in [0.29, 0.717) is 5.92 Å². The lowest BCUT2D eigenvalue weighted by molar-refractivity contribution is 0.286. The van der Waals surface area contributed by atoms with Crippen molar-refractivity contribution in [3.8, 4) is 0 Å². The second kappa shape index (κ2) is 5.82. The van der Waals surface area contributed by atoms with Gasteiger partial charge in [0.2, 0.25) is 0 Å². The Bertz CT molecular complexity index is 366. The molecule has 1 saturated carbocycles. The fourth-order valence-electron chi connectivity index (χ4n) is 1.66. The summed E-state index contributed by atoms with van der Waals surface area (Å²) in [6.45, 7) is 1.09. The van der Waals surface area contributed by atoms with Crippen LogP contribution in [0.1, 0.15) is 37.4 Å². The van der Waals surface area contributed by atoms with Crippen LogP contribution in [0.2, 0.25) is 0 Å². The fraction of sp³-hybridized carbons (Fsp3) is 0.667. The lowest BCUT2D eigenvalue weighted by Crippen LogP contribution is -2.07. The van der Waals surface area contributed by atoms with Crippen molar-refractivity contribution in [2.75, 3.05) is 30.8 Å². The highest BCUT2D eigenvalue weighted by atomic mass is 16.2. The highest BCUT2D eigenvalue weighted by molar-refractivity contribution is 5.47. The van der Waals surface area contributed by atoms with Crippen LogP contribution < -0.4 is 10.6 Å². The fourth-order valence-corrected chi connectivity index (χ4v) is 1.66. The maximum atomic E-state index is 8.71. The molecule has 3 N–H and O–H groups in total. The van der Waals surface area contributed by atoms with E-state index in [1.54, 1.807) is 0 Å². The molecule has 0 spiro atoms. The largest absolute Gasteiger partial charge is 0.396 e. The summed E-state index contributed by atoms with van der Waals surface area (Å²) in [4.78, 5) is 8.97. The highest BCUT2D eigenvalue weighted by Crippen LogP contribution is 2.38. The third-order valence-electron chi connectivity index (χ3n) is 2.83. The van der Waals surface area contributed by atoms with E-state index in [0.717, 1.165) is 36.8 Å². The summed E-state index contributed by atoms with van der Waals surface area (Å²) in [7, 11) is 1.87. The zero-order valence-electron chi connectivity index (χ0n) is 10.2. The van der Waals surface area contributed by atoms with Crippen LogP contribution in [0.4, 0.5) is 11.6 Å². The van der Waals surface area contributed by atoms with Crippen LogP contribution in [-0.2, 0) is 0 Å². The van der Waals surface area contributed by atoms with E-state index >= 15 is 0 Å². The Morgan fingerprint density at radius 2 is 2.06 bits per heavy atom. The summed E-state index contributed by atoms with van der Waals surface area (Å²) in [5.74, 6) is 3.25. The van der Waals surface area contributed by atoms with Gasteiger partial charge in [-0.1, -0.05) is 0 Å². The molecule has 0 radical (unpaired) electrons. The van der Waals surface area contributed by atoms with Crippen molar-refractivity contribution in [2.45, 2.75) is 31.6 Å². The number of hydrogen-bond donors (Lipinski definition) is 3. The van der Waals surface area contributed by atoms with Crippen molar-refractivity contribution in [2.24, 2.45) is 0 Å². The van der Waals surface area contributed by atoms with Gasteiger partial charge in [-0.15, -0.1) is 0 Å². The summed E-state index contributed by atoms with van der Waals surface area (Å²) in [5, 5.41) is 15.0. The molecule has 0 atom stereocenters. The Balaban J connectivity index is 1.97. The Morgan fingerprint density at radius 1 is 1.29 bits per heavy atom. The number of hydrogen-bond acceptors (Lipinski definition) is 5. The van der Waals surface area contributed by atoms with Gasteiger partial charge < -0.3 is 15.7 Å². The lowest BCUT2D eigenvalue weighted by Gasteiger charge is -2.09. The first kappa shape index (κ1) is 12.1. The predicted molar refractivity (Wildman–Crippen MR) is 68.4 cm³/mol. The zero-order valence-corrected chi connectivity index (χ0v) is 10.2. The lowest BCUT2D eigenvalue weighted by atomic mass is 10.3. The van der Waals surface area contributed by atoms with Crippen LogP contribution in [0.5, 0.6) is 0 Å². The van der Waals surface area contributed by atoms with Gasteiger partial charge in [0.25, 0.3) is 0 Å². The molecule has 5 nitrogen and oxygen atoms in total. The zero-order chi connectivity index (χ0) is 12.1. The predicted octanol–water partition coefficient (Wildman–Crippen LogP) is 1.58. The average molecular weight is 236 g/mol. The van der Waals surface area contributed by atoms with E-state index < -0.39 is 0 Å². The van der Waals surface area contributed by atoms with Crippen molar-refractivity contribution < 1.29 is 5.11 Å². The van der Waals surface area contributed by atoms with Crippen LogP contribution in [0.25, 0.3) is 0 Å². The molecular formula is C12H20N4O. The van der Waals surface area contributed by atoms with E-state index in [1.807, 2.05) is 13.1 Å². The molecule has 94 valence electrons. The Kier molecular flexibility index (Phi) is 4.14. The van der Waals surface area contributed by atoms with Crippen molar-refractivity contribution in [3.05, 3.63) is 11.9 Å². The quantitative estimate of drug-likeness (QED) is 0.627. The maximum Gasteiger partial charge on any atom is 0.136 e. The minimum atomic E-state index is 0.251. The average Bonchev–Trinajstić information content (AvgIpc) is 3.18. The second-order valence-corrected chi connectivity index (χ2v) is 4.38. The van der Waals surface area contributed by atoms with E-state index in [4.69, 9.17) is 5.11 Å². The minimum Gasteiger partial charge on any atom is -0.396 e. The molecule has 17 heavy (non-hydrogen) atoms. The summed E-state index contributed by atoms with van der Waals surface area (Å²) < 4.78 is 0. The smallest absolute Gasteiger partial charge is 0.136 e. The van der Waals surface area contributed by atoms with Gasteiger partial charge in [0.1, 0.15) is 17.5 Å². The van der Waals surface area contributed by atoms with Crippen molar-refractivity contribution in [1.82, 2.24) is 9.97 Å². The van der Waals surface area contributed by atoms with Crippen molar-refractivity contribution >= 4 is 11.6 Å². The standard InChI is InChI=1S/C12H20N4O/c1-13-10-8-11(14-6-2-3-7-17)16-12(15-10)9-4-5-9/h8-9,17H,2-7H2,1H3,(H2,13,14,15,16). The van der Waals surface area contributed by atoms with Crippen LogP contribution in [-0.4, -0.2) is 35.3 Å². The van der Waals surface area contributed by atoms with E-state index in [-0.39, 0.29) is 6.61 Å². The SMILES string of the molecule is CNc1cc(NCCCCO)nc(C2CC2)n1. The van der Waals surface area contributed by atoms with Gasteiger partial charge in [-0.2, -0.15) is 0 Å². The second-order valence-electron chi connectivity index (χ2n) is 4.38. The van der Waals surface area contributed by atoms with Crippen molar-refractivity contribution in [1.29, 1.82) is 0 Å². The molecule has 0 saturated heterocycles. The number of aliphatic hydroxyl groups excluding tert-OH is 1. The third kappa shape index (κ3) is 3.56. The normalized spacial score (nSPS) is 14.7. The topological polar surface area (TPSA) is 70.1 Å². The third-order valence-corrected chi connectivity index (χ3v) is 2.83. The van der Waals surface area contributed by atoms with Gasteiger partial charge in [-0.05, 0) is 25.7 Å². The summed E-state index contributed by atoms with van der Waals surface area (Å²) >= 11 is 0. The van der Waals surface area contributed by atoms with Gasteiger partial charge in [0.15, 0.2) is 0 Å². The summed E-state index contributed by atoms with van der Waals surface area (Å²) in [6, 6.07) is 1.92. The van der Waals surface area contributed by atoms with Gasteiger partial charge in [-0.3, -0.25) is 0 Å². The number of nitrogens with zero attached hydrogens (tertiary/aromatic N) is 2. The number of aliphatic hydroxyl groups is 1. The van der Waals surface area contributed by atoms with E-state index in [2.05, 4.69) is 20.6 Å². The van der Waals surface area contributed by atoms with Crippen LogP contribution in [0.15, 0.2) is 6.07 Å². The number of unbranched alkanes of at least 4 members (excludes halogenated alkanes) is 1. The Morgan fingerprint density at radius 3 is 2.71 bits per heavy atom. The van der Waals surface area contributed by atoms with Gasteiger partial charge >= 0.3 is 0 Å². The Hall–Kier alpha value is -1.36. The first-order valence-corrected chi connectivity index (χ1v) is 6.25. The number of anilines is 2. The molecule has 1 fully saturated rings. The summed E-state index contributed by atoms with van der Waals surface area (Å²) in [5.41, 5.74) is 0. The molecule has 0 unspecified atom stereocenters. The monoisotopic (exact) mass is 236 g/mol. The van der Waals surface area contributed by atoms with E-state index in [9.17, 15) is 0 Å². The summed E-state index contributed by atoms with van der Waals surface area (Å²) in [6.07, 6.45) is 4.19. The van der Waals surface area contributed by atoms with Crippen LogP contribution in [0.3, 0.4) is 0 Å². The molecule has 0 amide bonds. The molecule has 1 aliphatic carbocycles. The molecule has 2 rings (SSSR count).